The van der Waals surface area contributed by atoms with Gasteiger partial charge in [-0.05, 0) is 55.4 Å². The molecule has 2 rings (SSSR count). The van der Waals surface area contributed by atoms with Gasteiger partial charge < -0.3 is 5.73 Å². The maximum Gasteiger partial charge on any atom is 0.125 e. The molecule has 0 unspecified atom stereocenters. The van der Waals surface area contributed by atoms with E-state index >= 15 is 0 Å². The highest BCUT2D eigenvalue weighted by Crippen LogP contribution is 2.28. The zero-order chi connectivity index (χ0) is 13.8. The van der Waals surface area contributed by atoms with Gasteiger partial charge in [-0.25, -0.2) is 4.98 Å². The van der Waals surface area contributed by atoms with Crippen molar-refractivity contribution in [1.29, 1.82) is 5.41 Å². The first-order valence-electron chi connectivity index (χ1n) is 7.08. The molecule has 1 aliphatic rings. The lowest BCUT2D eigenvalue weighted by Gasteiger charge is -2.18. The number of pyridine rings is 1. The van der Waals surface area contributed by atoms with E-state index in [0.29, 0.717) is 5.92 Å². The molecule has 1 aliphatic carbocycles. The van der Waals surface area contributed by atoms with Crippen LogP contribution in [-0.2, 0) is 12.8 Å². The summed E-state index contributed by atoms with van der Waals surface area (Å²) < 4.78 is 0. The summed E-state index contributed by atoms with van der Waals surface area (Å²) in [6.45, 7) is 4.46. The molecule has 0 amide bonds. The second kappa shape index (κ2) is 6.42. The normalized spacial score (nSPS) is 14.5. The van der Waals surface area contributed by atoms with Gasteiger partial charge in [-0.15, -0.1) is 11.8 Å². The second-order valence-electron chi connectivity index (χ2n) is 5.60. The van der Waals surface area contributed by atoms with Crippen molar-refractivity contribution in [2.45, 2.75) is 51.0 Å². The van der Waals surface area contributed by atoms with Crippen molar-refractivity contribution >= 4 is 17.6 Å². The number of amidine groups is 1. The predicted octanol–water partition coefficient (Wildman–Crippen LogP) is 3.38. The summed E-state index contributed by atoms with van der Waals surface area (Å²) in [7, 11) is 0. The standard InChI is InChI=1S/C15H23N3S/c1-10(2)7-8-19-15-12(14(16)17)9-11-5-3-4-6-13(11)18-15/h9-10H,3-8H2,1-2H3,(H3,16,17). The minimum absolute atomic E-state index is 0.146. The Balaban J connectivity index is 2.21. The second-order valence-corrected chi connectivity index (χ2v) is 6.68. The van der Waals surface area contributed by atoms with Gasteiger partial charge in [-0.3, -0.25) is 5.41 Å². The number of nitrogen functional groups attached to an aromatic ring is 1. The van der Waals surface area contributed by atoms with Gasteiger partial charge in [0.1, 0.15) is 10.9 Å². The van der Waals surface area contributed by atoms with Gasteiger partial charge in [0.2, 0.25) is 0 Å². The molecule has 0 saturated heterocycles. The molecule has 0 fully saturated rings. The summed E-state index contributed by atoms with van der Waals surface area (Å²) >= 11 is 1.74. The van der Waals surface area contributed by atoms with Crippen LogP contribution in [0.1, 0.15) is 49.9 Å². The highest BCUT2D eigenvalue weighted by atomic mass is 32.2. The number of thioether (sulfide) groups is 1. The molecule has 0 aromatic carbocycles. The van der Waals surface area contributed by atoms with Crippen LogP contribution in [-0.4, -0.2) is 16.6 Å². The van der Waals surface area contributed by atoms with Gasteiger partial charge in [0.05, 0.1) is 0 Å². The number of hydrogen-bond acceptors (Lipinski definition) is 3. The largest absolute Gasteiger partial charge is 0.384 e. The fourth-order valence-corrected chi connectivity index (χ4v) is 3.59. The molecular formula is C15H23N3S. The quantitative estimate of drug-likeness (QED) is 0.492. The van der Waals surface area contributed by atoms with Crippen molar-refractivity contribution in [3.05, 3.63) is 22.9 Å². The van der Waals surface area contributed by atoms with Crippen molar-refractivity contribution in [1.82, 2.24) is 4.98 Å². The minimum Gasteiger partial charge on any atom is -0.384 e. The Morgan fingerprint density at radius 2 is 2.16 bits per heavy atom. The molecular weight excluding hydrogens is 254 g/mol. The van der Waals surface area contributed by atoms with E-state index < -0.39 is 0 Å². The number of nitrogens with one attached hydrogen (secondary N) is 1. The molecule has 1 aromatic rings. The Bertz CT molecular complexity index is 469. The predicted molar refractivity (Wildman–Crippen MR) is 82.1 cm³/mol. The third-order valence-electron chi connectivity index (χ3n) is 3.49. The van der Waals surface area contributed by atoms with E-state index in [1.807, 2.05) is 0 Å². The van der Waals surface area contributed by atoms with Crippen molar-refractivity contribution < 1.29 is 0 Å². The molecule has 0 bridgehead atoms. The molecule has 0 aliphatic heterocycles. The monoisotopic (exact) mass is 277 g/mol. The van der Waals surface area contributed by atoms with E-state index in [2.05, 4.69) is 19.9 Å². The number of aryl methyl sites for hydroxylation is 2. The third kappa shape index (κ3) is 3.72. The van der Waals surface area contributed by atoms with Gasteiger partial charge >= 0.3 is 0 Å². The third-order valence-corrected chi connectivity index (χ3v) is 4.51. The number of nitrogens with two attached hydrogens (primary N) is 1. The fourth-order valence-electron chi connectivity index (χ4n) is 2.31. The van der Waals surface area contributed by atoms with E-state index in [1.165, 1.54) is 30.5 Å². The lowest BCUT2D eigenvalue weighted by molar-refractivity contribution is 0.631. The van der Waals surface area contributed by atoms with Crippen molar-refractivity contribution in [3.8, 4) is 0 Å². The van der Waals surface area contributed by atoms with Gasteiger partial charge in [0.15, 0.2) is 0 Å². The first-order valence-corrected chi connectivity index (χ1v) is 8.06. The highest BCUT2D eigenvalue weighted by Gasteiger charge is 2.16. The van der Waals surface area contributed by atoms with Crippen LogP contribution in [0.15, 0.2) is 11.1 Å². The van der Waals surface area contributed by atoms with Gasteiger partial charge in [-0.2, -0.15) is 0 Å². The summed E-state index contributed by atoms with van der Waals surface area (Å²) in [6, 6.07) is 2.10. The Morgan fingerprint density at radius 1 is 1.42 bits per heavy atom. The maximum atomic E-state index is 7.74. The summed E-state index contributed by atoms with van der Waals surface area (Å²) in [6.07, 6.45) is 5.78. The Morgan fingerprint density at radius 3 is 2.84 bits per heavy atom. The number of aromatic nitrogens is 1. The molecule has 19 heavy (non-hydrogen) atoms. The minimum atomic E-state index is 0.146. The van der Waals surface area contributed by atoms with Crippen LogP contribution in [0.3, 0.4) is 0 Å². The molecule has 3 N–H and O–H groups in total. The summed E-state index contributed by atoms with van der Waals surface area (Å²) in [5.41, 5.74) is 9.06. The molecule has 104 valence electrons. The molecule has 3 nitrogen and oxygen atoms in total. The molecule has 1 heterocycles. The SMILES string of the molecule is CC(C)CCSc1nc2c(cc1C(=N)N)CCCC2. The fraction of sp³-hybridized carbons (Fsp3) is 0.600. The van der Waals surface area contributed by atoms with E-state index in [9.17, 15) is 0 Å². The molecule has 4 heteroatoms. The number of fused-ring (bicyclic) bond motifs is 1. The average Bonchev–Trinajstić information content (AvgIpc) is 2.37. The van der Waals surface area contributed by atoms with Crippen LogP contribution in [0.2, 0.25) is 0 Å². The van der Waals surface area contributed by atoms with E-state index in [-0.39, 0.29) is 5.84 Å². The van der Waals surface area contributed by atoms with Crippen molar-refractivity contribution in [2.24, 2.45) is 11.7 Å². The van der Waals surface area contributed by atoms with Gasteiger partial charge in [0.25, 0.3) is 0 Å². The molecule has 0 radical (unpaired) electrons. The Hall–Kier alpha value is -1.03. The number of rotatable bonds is 5. The maximum absolute atomic E-state index is 7.74. The smallest absolute Gasteiger partial charge is 0.125 e. The first-order chi connectivity index (χ1) is 9.08. The highest BCUT2D eigenvalue weighted by molar-refractivity contribution is 7.99. The molecule has 0 atom stereocenters. The van der Waals surface area contributed by atoms with Crippen LogP contribution >= 0.6 is 11.8 Å². The van der Waals surface area contributed by atoms with Crippen LogP contribution in [0.5, 0.6) is 0 Å². The van der Waals surface area contributed by atoms with Crippen LogP contribution in [0.25, 0.3) is 0 Å². The molecule has 1 aromatic heterocycles. The van der Waals surface area contributed by atoms with Gasteiger partial charge in [-0.1, -0.05) is 13.8 Å². The molecule has 0 saturated carbocycles. The summed E-state index contributed by atoms with van der Waals surface area (Å²) in [5.74, 6) is 1.89. The van der Waals surface area contributed by atoms with Gasteiger partial charge in [0, 0.05) is 11.3 Å². The zero-order valence-electron chi connectivity index (χ0n) is 11.8. The van der Waals surface area contributed by atoms with E-state index in [1.54, 1.807) is 11.8 Å². The molecule has 0 spiro atoms. The van der Waals surface area contributed by atoms with Crippen molar-refractivity contribution in [2.75, 3.05) is 5.75 Å². The summed E-state index contributed by atoms with van der Waals surface area (Å²) in [5, 5.41) is 8.69. The summed E-state index contributed by atoms with van der Waals surface area (Å²) in [4.78, 5) is 4.77. The van der Waals surface area contributed by atoms with E-state index in [0.717, 1.165) is 29.2 Å². The van der Waals surface area contributed by atoms with Crippen molar-refractivity contribution in [3.63, 3.8) is 0 Å². The topological polar surface area (TPSA) is 62.8 Å². The Labute approximate surface area is 119 Å². The number of hydrogen-bond donors (Lipinski definition) is 2. The average molecular weight is 277 g/mol. The van der Waals surface area contributed by atoms with Crippen LogP contribution < -0.4 is 5.73 Å². The zero-order valence-corrected chi connectivity index (χ0v) is 12.6. The lowest BCUT2D eigenvalue weighted by Crippen LogP contribution is -2.16. The van der Waals surface area contributed by atoms with Crippen LogP contribution in [0.4, 0.5) is 0 Å². The Kier molecular flexibility index (Phi) is 4.86. The lowest BCUT2D eigenvalue weighted by atomic mass is 9.95. The number of nitrogens with zero attached hydrogens (tertiary/aromatic N) is 1. The first kappa shape index (κ1) is 14.4. The van der Waals surface area contributed by atoms with Crippen LogP contribution in [0, 0.1) is 11.3 Å². The van der Waals surface area contributed by atoms with E-state index in [4.69, 9.17) is 16.1 Å².